The first-order valence-corrected chi connectivity index (χ1v) is 8.17. The molecular formula is C20H23NO3. The summed E-state index contributed by atoms with van der Waals surface area (Å²) in [5.41, 5.74) is 1.83. The molecule has 4 nitrogen and oxygen atoms in total. The van der Waals surface area contributed by atoms with Gasteiger partial charge in [0, 0.05) is 30.1 Å². The number of methoxy groups -OCH3 is 1. The van der Waals surface area contributed by atoms with Crippen LogP contribution in [0.3, 0.4) is 0 Å². The zero-order valence-corrected chi connectivity index (χ0v) is 14.3. The van der Waals surface area contributed by atoms with E-state index in [0.717, 1.165) is 16.9 Å². The molecule has 1 heterocycles. The molecule has 1 amide bonds. The Morgan fingerprint density at radius 3 is 2.46 bits per heavy atom. The van der Waals surface area contributed by atoms with Gasteiger partial charge in [0.05, 0.1) is 12.7 Å². The molecule has 0 radical (unpaired) electrons. The standard InChI is InChI=1S/C20H23NO3/c1-14-12-21(13-20(14,2)23)19(22)16-10-8-15(9-11-16)17-6-4-5-7-18(17)24-3/h4-11,14,23H,12-13H2,1-3H3/t14-,20+/m0/s1. The zero-order valence-electron chi connectivity index (χ0n) is 14.3. The van der Waals surface area contributed by atoms with Crippen LogP contribution < -0.4 is 4.74 Å². The van der Waals surface area contributed by atoms with E-state index in [0.29, 0.717) is 18.7 Å². The second-order valence-electron chi connectivity index (χ2n) is 6.72. The average molecular weight is 325 g/mol. The third kappa shape index (κ3) is 3.02. The molecule has 4 heteroatoms. The summed E-state index contributed by atoms with van der Waals surface area (Å²) in [7, 11) is 1.65. The van der Waals surface area contributed by atoms with Gasteiger partial charge in [-0.05, 0) is 30.7 Å². The van der Waals surface area contributed by atoms with Crippen molar-refractivity contribution in [3.8, 4) is 16.9 Å². The third-order valence-corrected chi connectivity index (χ3v) is 4.90. The first-order chi connectivity index (χ1) is 11.4. The first kappa shape index (κ1) is 16.5. The molecule has 2 aromatic rings. The van der Waals surface area contributed by atoms with Crippen molar-refractivity contribution in [3.05, 3.63) is 54.1 Å². The Hall–Kier alpha value is -2.33. The highest BCUT2D eigenvalue weighted by molar-refractivity contribution is 5.95. The molecule has 0 aliphatic carbocycles. The van der Waals surface area contributed by atoms with Gasteiger partial charge in [-0.3, -0.25) is 4.79 Å². The lowest BCUT2D eigenvalue weighted by Gasteiger charge is -2.20. The number of ether oxygens (including phenoxy) is 1. The number of rotatable bonds is 3. The second-order valence-corrected chi connectivity index (χ2v) is 6.72. The monoisotopic (exact) mass is 325 g/mol. The van der Waals surface area contributed by atoms with Crippen LogP contribution in [0.2, 0.25) is 0 Å². The smallest absolute Gasteiger partial charge is 0.253 e. The lowest BCUT2D eigenvalue weighted by atomic mass is 9.95. The summed E-state index contributed by atoms with van der Waals surface area (Å²) in [6.07, 6.45) is 0. The van der Waals surface area contributed by atoms with Gasteiger partial charge in [-0.1, -0.05) is 37.3 Å². The van der Waals surface area contributed by atoms with E-state index in [1.165, 1.54) is 0 Å². The maximum absolute atomic E-state index is 12.6. The number of hydrogen-bond donors (Lipinski definition) is 1. The molecule has 2 aromatic carbocycles. The van der Waals surface area contributed by atoms with Crippen molar-refractivity contribution in [1.29, 1.82) is 0 Å². The van der Waals surface area contributed by atoms with Crippen molar-refractivity contribution < 1.29 is 14.6 Å². The van der Waals surface area contributed by atoms with Crippen LogP contribution in [0.4, 0.5) is 0 Å². The fourth-order valence-corrected chi connectivity index (χ4v) is 3.15. The Labute approximate surface area is 142 Å². The van der Waals surface area contributed by atoms with E-state index >= 15 is 0 Å². The summed E-state index contributed by atoms with van der Waals surface area (Å²) < 4.78 is 5.39. The number of hydrogen-bond acceptors (Lipinski definition) is 3. The molecule has 1 aliphatic rings. The Balaban J connectivity index is 1.81. The molecule has 0 unspecified atom stereocenters. The van der Waals surface area contributed by atoms with E-state index in [2.05, 4.69) is 0 Å². The summed E-state index contributed by atoms with van der Waals surface area (Å²) >= 11 is 0. The Morgan fingerprint density at radius 1 is 1.21 bits per heavy atom. The normalized spacial score (nSPS) is 23.3. The Morgan fingerprint density at radius 2 is 1.88 bits per heavy atom. The van der Waals surface area contributed by atoms with Crippen LogP contribution in [0.15, 0.2) is 48.5 Å². The van der Waals surface area contributed by atoms with Gasteiger partial charge in [0.25, 0.3) is 5.91 Å². The molecule has 1 saturated heterocycles. The molecule has 1 aliphatic heterocycles. The minimum Gasteiger partial charge on any atom is -0.496 e. The summed E-state index contributed by atoms with van der Waals surface area (Å²) in [5, 5.41) is 10.3. The van der Waals surface area contributed by atoms with Crippen LogP contribution in [0.25, 0.3) is 11.1 Å². The van der Waals surface area contributed by atoms with Crippen LogP contribution >= 0.6 is 0 Å². The number of benzene rings is 2. The number of carbonyl (C=O) groups excluding carboxylic acids is 1. The topological polar surface area (TPSA) is 49.8 Å². The van der Waals surface area contributed by atoms with Crippen molar-refractivity contribution in [3.63, 3.8) is 0 Å². The predicted octanol–water partition coefficient (Wildman–Crippen LogP) is 3.21. The number of nitrogens with zero attached hydrogens (tertiary/aromatic N) is 1. The molecule has 0 spiro atoms. The molecule has 1 fully saturated rings. The van der Waals surface area contributed by atoms with Crippen LogP contribution in [-0.4, -0.2) is 41.7 Å². The van der Waals surface area contributed by atoms with Crippen LogP contribution in [-0.2, 0) is 0 Å². The molecule has 0 bridgehead atoms. The van der Waals surface area contributed by atoms with Crippen molar-refractivity contribution in [2.24, 2.45) is 5.92 Å². The summed E-state index contributed by atoms with van der Waals surface area (Å²) in [6, 6.07) is 15.3. The summed E-state index contributed by atoms with van der Waals surface area (Å²) in [5.74, 6) is 0.849. The van der Waals surface area contributed by atoms with Gasteiger partial charge < -0.3 is 14.7 Å². The van der Waals surface area contributed by atoms with Gasteiger partial charge >= 0.3 is 0 Å². The van der Waals surface area contributed by atoms with Crippen molar-refractivity contribution in [2.45, 2.75) is 19.4 Å². The molecule has 1 N–H and O–H groups in total. The molecule has 0 saturated carbocycles. The van der Waals surface area contributed by atoms with E-state index in [1.54, 1.807) is 18.9 Å². The first-order valence-electron chi connectivity index (χ1n) is 8.17. The van der Waals surface area contributed by atoms with E-state index in [9.17, 15) is 9.90 Å². The minimum atomic E-state index is -0.812. The van der Waals surface area contributed by atoms with E-state index in [4.69, 9.17) is 4.74 Å². The largest absolute Gasteiger partial charge is 0.496 e. The number of likely N-dealkylation sites (tertiary alicyclic amines) is 1. The lowest BCUT2D eigenvalue weighted by Crippen LogP contribution is -2.35. The molecule has 24 heavy (non-hydrogen) atoms. The number of amides is 1. The number of aliphatic hydroxyl groups is 1. The highest BCUT2D eigenvalue weighted by Gasteiger charge is 2.40. The van der Waals surface area contributed by atoms with E-state index < -0.39 is 5.60 Å². The van der Waals surface area contributed by atoms with E-state index in [1.807, 2.05) is 55.5 Å². The van der Waals surface area contributed by atoms with Crippen LogP contribution in [0, 0.1) is 5.92 Å². The number of β-amino-alcohol motifs (C(OH)–C–C–N with tert-alkyl or cyclic N) is 1. The summed E-state index contributed by atoms with van der Waals surface area (Å²) in [6.45, 7) is 4.72. The van der Waals surface area contributed by atoms with Gasteiger partial charge in [0.15, 0.2) is 0 Å². The maximum atomic E-state index is 12.6. The Kier molecular flexibility index (Phi) is 4.33. The predicted molar refractivity (Wildman–Crippen MR) is 94.1 cm³/mol. The maximum Gasteiger partial charge on any atom is 0.253 e. The fraction of sp³-hybridized carbons (Fsp3) is 0.350. The third-order valence-electron chi connectivity index (χ3n) is 4.90. The van der Waals surface area contributed by atoms with Crippen molar-refractivity contribution in [2.75, 3.05) is 20.2 Å². The quantitative estimate of drug-likeness (QED) is 0.943. The van der Waals surface area contributed by atoms with Crippen LogP contribution in [0.1, 0.15) is 24.2 Å². The fourth-order valence-electron chi connectivity index (χ4n) is 3.15. The lowest BCUT2D eigenvalue weighted by molar-refractivity contribution is 0.0351. The van der Waals surface area contributed by atoms with Crippen LogP contribution in [0.5, 0.6) is 5.75 Å². The van der Waals surface area contributed by atoms with Gasteiger partial charge in [0.1, 0.15) is 5.75 Å². The van der Waals surface area contributed by atoms with Crippen molar-refractivity contribution in [1.82, 2.24) is 4.90 Å². The Bertz CT molecular complexity index is 737. The molecule has 2 atom stereocenters. The highest BCUT2D eigenvalue weighted by Crippen LogP contribution is 2.31. The van der Waals surface area contributed by atoms with Gasteiger partial charge in [-0.2, -0.15) is 0 Å². The second kappa shape index (κ2) is 6.29. The zero-order chi connectivity index (χ0) is 17.3. The number of carbonyl (C=O) groups is 1. The summed E-state index contributed by atoms with van der Waals surface area (Å²) in [4.78, 5) is 14.4. The van der Waals surface area contributed by atoms with Gasteiger partial charge in [-0.25, -0.2) is 0 Å². The van der Waals surface area contributed by atoms with Gasteiger partial charge in [-0.15, -0.1) is 0 Å². The molecule has 3 rings (SSSR count). The highest BCUT2D eigenvalue weighted by atomic mass is 16.5. The minimum absolute atomic E-state index is 0.0359. The average Bonchev–Trinajstić information content (AvgIpc) is 2.87. The van der Waals surface area contributed by atoms with E-state index in [-0.39, 0.29) is 11.8 Å². The molecule has 126 valence electrons. The number of para-hydroxylation sites is 1. The van der Waals surface area contributed by atoms with Crippen molar-refractivity contribution >= 4 is 5.91 Å². The van der Waals surface area contributed by atoms with Gasteiger partial charge in [0.2, 0.25) is 0 Å². The molecular weight excluding hydrogens is 302 g/mol. The molecule has 0 aromatic heterocycles. The SMILES string of the molecule is COc1ccccc1-c1ccc(C(=O)N2C[C@H](C)[C@](C)(O)C2)cc1.